The fraction of sp³-hybridized carbons (Fsp3) is 0.391. The number of nitrogens with one attached hydrogen (secondary N) is 1. The Balaban J connectivity index is 2.17. The quantitative estimate of drug-likeness (QED) is 0.782. The Labute approximate surface area is 167 Å². The second kappa shape index (κ2) is 9.93. The molecule has 150 valence electrons. The first-order valence-corrected chi connectivity index (χ1v) is 9.64. The summed E-state index contributed by atoms with van der Waals surface area (Å²) in [6.07, 6.45) is -0.179. The average Bonchev–Trinajstić information content (AvgIpc) is 2.65. The van der Waals surface area contributed by atoms with Gasteiger partial charge in [0.05, 0.1) is 0 Å². The first-order valence-electron chi connectivity index (χ1n) is 9.64. The minimum absolute atomic E-state index is 0.124. The number of ether oxygens (including phenoxy) is 1. The van der Waals surface area contributed by atoms with E-state index in [2.05, 4.69) is 5.32 Å². The van der Waals surface area contributed by atoms with Crippen LogP contribution in [-0.2, 0) is 22.5 Å². The lowest BCUT2D eigenvalue weighted by Gasteiger charge is -2.28. The first-order chi connectivity index (χ1) is 13.3. The lowest BCUT2D eigenvalue weighted by atomic mass is 10.0. The standard InChI is InChI=1S/C23H30N2O3/c1-5-25(17-19-14-10-7-11-15-19)21(26)20(16-18-12-8-6-9-13-18)24-22(27)28-23(2,3)4/h6-15,20H,5,16-17H2,1-4H3,(H,24,27)/t20-/m0/s1. The molecule has 2 aromatic carbocycles. The van der Waals surface area contributed by atoms with Gasteiger partial charge in [-0.15, -0.1) is 0 Å². The van der Waals surface area contributed by atoms with Gasteiger partial charge >= 0.3 is 6.09 Å². The van der Waals surface area contributed by atoms with Crippen molar-refractivity contribution in [3.05, 3.63) is 71.8 Å². The summed E-state index contributed by atoms with van der Waals surface area (Å²) in [5.41, 5.74) is 1.40. The Morgan fingerprint density at radius 2 is 1.50 bits per heavy atom. The highest BCUT2D eigenvalue weighted by atomic mass is 16.6. The summed E-state index contributed by atoms with van der Waals surface area (Å²) in [5.74, 6) is -0.124. The zero-order valence-electron chi connectivity index (χ0n) is 17.1. The van der Waals surface area contributed by atoms with Crippen LogP contribution in [-0.4, -0.2) is 35.1 Å². The molecule has 0 aliphatic heterocycles. The maximum Gasteiger partial charge on any atom is 0.408 e. The summed E-state index contributed by atoms with van der Waals surface area (Å²) < 4.78 is 5.37. The molecule has 1 N–H and O–H groups in total. The minimum atomic E-state index is -0.694. The summed E-state index contributed by atoms with van der Waals surface area (Å²) in [6, 6.07) is 18.8. The van der Waals surface area contributed by atoms with Crippen molar-refractivity contribution in [2.75, 3.05) is 6.54 Å². The van der Waals surface area contributed by atoms with Gasteiger partial charge in [-0.2, -0.15) is 0 Å². The summed E-state index contributed by atoms with van der Waals surface area (Å²) >= 11 is 0. The SMILES string of the molecule is CCN(Cc1ccccc1)C(=O)[C@H](Cc1ccccc1)NC(=O)OC(C)(C)C. The van der Waals surface area contributed by atoms with Crippen molar-refractivity contribution in [3.63, 3.8) is 0 Å². The molecule has 0 aliphatic carbocycles. The summed E-state index contributed by atoms with van der Waals surface area (Å²) in [4.78, 5) is 27.3. The van der Waals surface area contributed by atoms with Gasteiger partial charge in [-0.05, 0) is 38.8 Å². The van der Waals surface area contributed by atoms with Crippen LogP contribution in [0.15, 0.2) is 60.7 Å². The maximum absolute atomic E-state index is 13.2. The molecule has 5 heteroatoms. The molecule has 5 nitrogen and oxygen atoms in total. The molecule has 0 radical (unpaired) electrons. The van der Waals surface area contributed by atoms with E-state index in [1.54, 1.807) is 25.7 Å². The molecule has 0 fully saturated rings. The second-order valence-corrected chi connectivity index (χ2v) is 7.73. The molecular weight excluding hydrogens is 352 g/mol. The van der Waals surface area contributed by atoms with E-state index in [0.717, 1.165) is 11.1 Å². The van der Waals surface area contributed by atoms with Crippen molar-refractivity contribution in [1.82, 2.24) is 10.2 Å². The van der Waals surface area contributed by atoms with Crippen LogP contribution in [0.5, 0.6) is 0 Å². The van der Waals surface area contributed by atoms with Crippen molar-refractivity contribution in [2.24, 2.45) is 0 Å². The van der Waals surface area contributed by atoms with E-state index in [1.807, 2.05) is 67.6 Å². The van der Waals surface area contributed by atoms with Crippen molar-refractivity contribution in [1.29, 1.82) is 0 Å². The van der Waals surface area contributed by atoms with Gasteiger partial charge in [0, 0.05) is 19.5 Å². The van der Waals surface area contributed by atoms with Crippen LogP contribution in [0, 0.1) is 0 Å². The molecule has 1 atom stereocenters. The largest absolute Gasteiger partial charge is 0.444 e. The molecule has 0 bridgehead atoms. The molecular formula is C23H30N2O3. The number of likely N-dealkylation sites (N-methyl/N-ethyl adjacent to an activating group) is 1. The van der Waals surface area contributed by atoms with Gasteiger partial charge in [0.1, 0.15) is 11.6 Å². The van der Waals surface area contributed by atoms with Crippen LogP contribution in [0.25, 0.3) is 0 Å². The number of nitrogens with zero attached hydrogens (tertiary/aromatic N) is 1. The Bertz CT molecular complexity index is 754. The maximum atomic E-state index is 13.2. The number of carbonyl (C=O) groups is 2. The van der Waals surface area contributed by atoms with Gasteiger partial charge in [-0.25, -0.2) is 4.79 Å². The van der Waals surface area contributed by atoms with Crippen molar-refractivity contribution in [2.45, 2.75) is 52.3 Å². The van der Waals surface area contributed by atoms with Crippen molar-refractivity contribution < 1.29 is 14.3 Å². The van der Waals surface area contributed by atoms with E-state index in [4.69, 9.17) is 4.74 Å². The van der Waals surface area contributed by atoms with Crippen LogP contribution in [0.2, 0.25) is 0 Å². The third kappa shape index (κ3) is 7.06. The fourth-order valence-corrected chi connectivity index (χ4v) is 2.87. The zero-order valence-corrected chi connectivity index (χ0v) is 17.1. The van der Waals surface area contributed by atoms with Gasteiger partial charge in [-0.3, -0.25) is 4.79 Å². The van der Waals surface area contributed by atoms with Crippen LogP contribution < -0.4 is 5.32 Å². The normalized spacial score (nSPS) is 12.1. The second-order valence-electron chi connectivity index (χ2n) is 7.73. The Morgan fingerprint density at radius 3 is 2.00 bits per heavy atom. The molecule has 0 unspecified atom stereocenters. The van der Waals surface area contributed by atoms with Crippen LogP contribution >= 0.6 is 0 Å². The molecule has 0 saturated heterocycles. The van der Waals surface area contributed by atoms with Crippen LogP contribution in [0.1, 0.15) is 38.8 Å². The highest BCUT2D eigenvalue weighted by Gasteiger charge is 2.28. The fourth-order valence-electron chi connectivity index (χ4n) is 2.87. The summed E-state index contributed by atoms with van der Waals surface area (Å²) in [7, 11) is 0. The van der Waals surface area contributed by atoms with Gasteiger partial charge < -0.3 is 15.0 Å². The summed E-state index contributed by atoms with van der Waals surface area (Å²) in [6.45, 7) is 8.39. The lowest BCUT2D eigenvalue weighted by molar-refractivity contribution is -0.133. The minimum Gasteiger partial charge on any atom is -0.444 e. The molecule has 2 rings (SSSR count). The molecule has 0 aromatic heterocycles. The first kappa shape index (κ1) is 21.5. The summed E-state index contributed by atoms with van der Waals surface area (Å²) in [5, 5.41) is 2.77. The van der Waals surface area contributed by atoms with Crippen molar-refractivity contribution >= 4 is 12.0 Å². The number of carbonyl (C=O) groups excluding carboxylic acids is 2. The third-order valence-electron chi connectivity index (χ3n) is 4.18. The smallest absolute Gasteiger partial charge is 0.408 e. The Kier molecular flexibility index (Phi) is 7.61. The molecule has 2 amide bonds. The molecule has 0 aliphatic rings. The van der Waals surface area contributed by atoms with E-state index in [0.29, 0.717) is 19.5 Å². The topological polar surface area (TPSA) is 58.6 Å². The van der Waals surface area contributed by atoms with E-state index < -0.39 is 17.7 Å². The molecule has 0 saturated carbocycles. The third-order valence-corrected chi connectivity index (χ3v) is 4.18. The van der Waals surface area contributed by atoms with Crippen LogP contribution in [0.3, 0.4) is 0 Å². The molecule has 0 heterocycles. The van der Waals surface area contributed by atoms with Gasteiger partial charge in [-0.1, -0.05) is 60.7 Å². The van der Waals surface area contributed by atoms with Crippen LogP contribution in [0.4, 0.5) is 4.79 Å². The highest BCUT2D eigenvalue weighted by molar-refractivity contribution is 5.86. The predicted molar refractivity (Wildman–Crippen MR) is 111 cm³/mol. The number of hydrogen-bond donors (Lipinski definition) is 1. The van der Waals surface area contributed by atoms with E-state index in [-0.39, 0.29) is 5.91 Å². The number of amides is 2. The Hall–Kier alpha value is -2.82. The number of hydrogen-bond acceptors (Lipinski definition) is 3. The number of alkyl carbamates (subject to hydrolysis) is 1. The van der Waals surface area contributed by atoms with Gasteiger partial charge in [0.15, 0.2) is 0 Å². The van der Waals surface area contributed by atoms with Gasteiger partial charge in [0.25, 0.3) is 0 Å². The zero-order chi connectivity index (χ0) is 20.6. The lowest BCUT2D eigenvalue weighted by Crippen LogP contribution is -2.50. The van der Waals surface area contributed by atoms with Crippen molar-refractivity contribution in [3.8, 4) is 0 Å². The molecule has 28 heavy (non-hydrogen) atoms. The highest BCUT2D eigenvalue weighted by Crippen LogP contribution is 2.12. The Morgan fingerprint density at radius 1 is 0.964 bits per heavy atom. The average molecular weight is 383 g/mol. The number of benzene rings is 2. The van der Waals surface area contributed by atoms with Gasteiger partial charge in [0.2, 0.25) is 5.91 Å². The molecule has 2 aromatic rings. The molecule has 0 spiro atoms. The number of rotatable bonds is 7. The monoisotopic (exact) mass is 382 g/mol. The van der Waals surface area contributed by atoms with E-state index >= 15 is 0 Å². The predicted octanol–water partition coefficient (Wildman–Crippen LogP) is 4.17. The van der Waals surface area contributed by atoms with E-state index in [9.17, 15) is 9.59 Å². The van der Waals surface area contributed by atoms with E-state index in [1.165, 1.54) is 0 Å².